The third-order valence-corrected chi connectivity index (χ3v) is 6.24. The minimum Gasteiger partial charge on any atom is -0.497 e. The molecule has 0 saturated carbocycles. The number of carbonyl (C=O) groups excluding carboxylic acids is 1. The van der Waals surface area contributed by atoms with Gasteiger partial charge >= 0.3 is 0 Å². The monoisotopic (exact) mass is 409 g/mol. The number of carbonyl (C=O) groups is 1. The van der Waals surface area contributed by atoms with E-state index in [1.807, 2.05) is 23.1 Å². The minimum atomic E-state index is 0.0469. The van der Waals surface area contributed by atoms with Crippen molar-refractivity contribution < 1.29 is 9.53 Å². The van der Waals surface area contributed by atoms with Gasteiger partial charge in [-0.1, -0.05) is 13.0 Å². The van der Waals surface area contributed by atoms with Crippen LogP contribution in [0.4, 0.5) is 11.6 Å². The summed E-state index contributed by atoms with van der Waals surface area (Å²) in [5, 5.41) is 9.05. The zero-order valence-corrected chi connectivity index (χ0v) is 18.0. The SMILES string of the molecule is CCC1CCCCN1c1ccc(N2CCN(C(=O)c3cccc(OC)c3)CC2)nn1. The van der Waals surface area contributed by atoms with Crippen LogP contribution in [0.3, 0.4) is 0 Å². The van der Waals surface area contributed by atoms with Gasteiger partial charge in [0.05, 0.1) is 7.11 Å². The van der Waals surface area contributed by atoms with Gasteiger partial charge in [0, 0.05) is 44.3 Å². The van der Waals surface area contributed by atoms with Crippen molar-refractivity contribution >= 4 is 17.5 Å². The molecule has 0 bridgehead atoms. The van der Waals surface area contributed by atoms with Gasteiger partial charge in [-0.3, -0.25) is 4.79 Å². The molecular formula is C23H31N5O2. The summed E-state index contributed by atoms with van der Waals surface area (Å²) in [5.41, 5.74) is 0.666. The highest BCUT2D eigenvalue weighted by atomic mass is 16.5. The molecule has 1 atom stereocenters. The molecule has 160 valence electrons. The average molecular weight is 410 g/mol. The molecule has 7 heteroatoms. The normalized spacial score (nSPS) is 19.7. The summed E-state index contributed by atoms with van der Waals surface area (Å²) in [6, 6.07) is 12.1. The predicted molar refractivity (Wildman–Crippen MR) is 118 cm³/mol. The molecule has 0 spiro atoms. The van der Waals surface area contributed by atoms with Crippen LogP contribution in [0.15, 0.2) is 36.4 Å². The number of anilines is 2. The maximum atomic E-state index is 12.8. The Hall–Kier alpha value is -2.83. The van der Waals surface area contributed by atoms with E-state index in [1.54, 1.807) is 13.2 Å². The molecule has 30 heavy (non-hydrogen) atoms. The van der Waals surface area contributed by atoms with Gasteiger partial charge in [0.1, 0.15) is 5.75 Å². The fraction of sp³-hybridized carbons (Fsp3) is 0.522. The van der Waals surface area contributed by atoms with Crippen molar-refractivity contribution in [3.8, 4) is 5.75 Å². The molecule has 2 saturated heterocycles. The van der Waals surface area contributed by atoms with Crippen LogP contribution in [0.25, 0.3) is 0 Å². The summed E-state index contributed by atoms with van der Waals surface area (Å²) in [6.45, 7) is 6.16. The van der Waals surface area contributed by atoms with Crippen molar-refractivity contribution in [2.24, 2.45) is 0 Å². The smallest absolute Gasteiger partial charge is 0.254 e. The highest BCUT2D eigenvalue weighted by Crippen LogP contribution is 2.26. The lowest BCUT2D eigenvalue weighted by Gasteiger charge is -2.37. The number of methoxy groups -OCH3 is 1. The number of benzene rings is 1. The second-order valence-electron chi connectivity index (χ2n) is 8.01. The summed E-state index contributed by atoms with van der Waals surface area (Å²) < 4.78 is 5.24. The van der Waals surface area contributed by atoms with Crippen LogP contribution in [0.2, 0.25) is 0 Å². The average Bonchev–Trinajstić information content (AvgIpc) is 2.84. The van der Waals surface area contributed by atoms with E-state index in [4.69, 9.17) is 4.74 Å². The van der Waals surface area contributed by atoms with Crippen molar-refractivity contribution in [1.82, 2.24) is 15.1 Å². The van der Waals surface area contributed by atoms with E-state index in [1.165, 1.54) is 19.3 Å². The number of rotatable bonds is 5. The molecule has 0 N–H and O–H groups in total. The molecule has 0 radical (unpaired) electrons. The van der Waals surface area contributed by atoms with Crippen LogP contribution in [0.1, 0.15) is 43.0 Å². The number of piperidine rings is 1. The fourth-order valence-electron chi connectivity index (χ4n) is 4.44. The first-order valence-corrected chi connectivity index (χ1v) is 11.0. The van der Waals surface area contributed by atoms with Crippen LogP contribution in [0.5, 0.6) is 5.75 Å². The summed E-state index contributed by atoms with van der Waals surface area (Å²) in [6.07, 6.45) is 4.92. The van der Waals surface area contributed by atoms with Crippen LogP contribution in [-0.2, 0) is 0 Å². The molecule has 2 fully saturated rings. The fourth-order valence-corrected chi connectivity index (χ4v) is 4.44. The van der Waals surface area contributed by atoms with E-state index in [-0.39, 0.29) is 5.91 Å². The number of nitrogens with zero attached hydrogens (tertiary/aromatic N) is 5. The van der Waals surface area contributed by atoms with Crippen LogP contribution < -0.4 is 14.5 Å². The van der Waals surface area contributed by atoms with Gasteiger partial charge in [-0.05, 0) is 56.0 Å². The van der Waals surface area contributed by atoms with Gasteiger partial charge in [-0.25, -0.2) is 0 Å². The zero-order valence-electron chi connectivity index (χ0n) is 18.0. The molecule has 7 nitrogen and oxygen atoms in total. The highest BCUT2D eigenvalue weighted by Gasteiger charge is 2.25. The Morgan fingerprint density at radius 1 is 1.03 bits per heavy atom. The summed E-state index contributed by atoms with van der Waals surface area (Å²) >= 11 is 0. The molecule has 1 unspecified atom stereocenters. The van der Waals surface area contributed by atoms with E-state index >= 15 is 0 Å². The Kier molecular flexibility index (Phi) is 6.35. The van der Waals surface area contributed by atoms with Gasteiger partial charge < -0.3 is 19.4 Å². The van der Waals surface area contributed by atoms with Gasteiger partial charge in [0.2, 0.25) is 0 Å². The summed E-state index contributed by atoms with van der Waals surface area (Å²) in [4.78, 5) is 19.3. The Morgan fingerprint density at radius 2 is 1.80 bits per heavy atom. The van der Waals surface area contributed by atoms with E-state index in [9.17, 15) is 4.79 Å². The number of aromatic nitrogens is 2. The lowest BCUT2D eigenvalue weighted by Crippen LogP contribution is -2.49. The first-order valence-electron chi connectivity index (χ1n) is 11.0. The van der Waals surface area contributed by atoms with Gasteiger partial charge in [0.25, 0.3) is 5.91 Å². The molecule has 2 aromatic rings. The van der Waals surface area contributed by atoms with Crippen molar-refractivity contribution in [2.45, 2.75) is 38.6 Å². The molecule has 2 aliphatic heterocycles. The van der Waals surface area contributed by atoms with Crippen molar-refractivity contribution in [1.29, 1.82) is 0 Å². The van der Waals surface area contributed by atoms with Crippen molar-refractivity contribution in [2.75, 3.05) is 49.6 Å². The third-order valence-electron chi connectivity index (χ3n) is 6.24. The summed E-state index contributed by atoms with van der Waals surface area (Å²) in [5.74, 6) is 2.62. The number of hydrogen-bond acceptors (Lipinski definition) is 6. The van der Waals surface area contributed by atoms with Crippen LogP contribution >= 0.6 is 0 Å². The van der Waals surface area contributed by atoms with Crippen molar-refractivity contribution in [3.05, 3.63) is 42.0 Å². The van der Waals surface area contributed by atoms with Crippen LogP contribution in [-0.4, -0.2) is 66.9 Å². The maximum absolute atomic E-state index is 12.8. The van der Waals surface area contributed by atoms with Gasteiger partial charge in [-0.15, -0.1) is 10.2 Å². The van der Waals surface area contributed by atoms with E-state index in [2.05, 4.69) is 39.1 Å². The maximum Gasteiger partial charge on any atom is 0.254 e. The van der Waals surface area contributed by atoms with E-state index < -0.39 is 0 Å². The predicted octanol–water partition coefficient (Wildman–Crippen LogP) is 3.22. The standard InChI is InChI=1S/C23H31N5O2/c1-3-19-8-4-5-12-28(19)22-11-10-21(24-25-22)26-13-15-27(16-14-26)23(29)18-7-6-9-20(17-18)30-2/h6-7,9-11,17,19H,3-5,8,12-16H2,1-2H3. The minimum absolute atomic E-state index is 0.0469. The zero-order chi connectivity index (χ0) is 20.9. The lowest BCUT2D eigenvalue weighted by molar-refractivity contribution is 0.0746. The molecule has 3 heterocycles. The topological polar surface area (TPSA) is 61.8 Å². The molecule has 4 rings (SSSR count). The highest BCUT2D eigenvalue weighted by molar-refractivity contribution is 5.94. The second-order valence-corrected chi connectivity index (χ2v) is 8.01. The summed E-state index contributed by atoms with van der Waals surface area (Å²) in [7, 11) is 1.61. The molecular weight excluding hydrogens is 378 g/mol. The second kappa shape index (κ2) is 9.32. The number of amides is 1. The first-order chi connectivity index (χ1) is 14.7. The van der Waals surface area contributed by atoms with E-state index in [0.717, 1.165) is 37.7 Å². The Bertz CT molecular complexity index is 849. The first kappa shape index (κ1) is 20.4. The lowest BCUT2D eigenvalue weighted by atomic mass is 10.0. The van der Waals surface area contributed by atoms with E-state index in [0.29, 0.717) is 30.4 Å². The molecule has 0 aliphatic carbocycles. The quantitative estimate of drug-likeness (QED) is 0.756. The number of ether oxygens (including phenoxy) is 1. The number of piperazine rings is 1. The Morgan fingerprint density at radius 3 is 2.50 bits per heavy atom. The molecule has 1 amide bonds. The third kappa shape index (κ3) is 4.35. The van der Waals surface area contributed by atoms with Crippen molar-refractivity contribution in [3.63, 3.8) is 0 Å². The van der Waals surface area contributed by atoms with Gasteiger partial charge in [0.15, 0.2) is 11.6 Å². The van der Waals surface area contributed by atoms with Crippen LogP contribution in [0, 0.1) is 0 Å². The molecule has 1 aromatic heterocycles. The Labute approximate surface area is 178 Å². The molecule has 1 aromatic carbocycles. The molecule has 2 aliphatic rings. The number of hydrogen-bond donors (Lipinski definition) is 0. The van der Waals surface area contributed by atoms with Gasteiger partial charge in [-0.2, -0.15) is 0 Å². The Balaban J connectivity index is 1.36. The largest absolute Gasteiger partial charge is 0.497 e.